The maximum absolute atomic E-state index is 13.1. The zero-order chi connectivity index (χ0) is 22.8. The fourth-order valence-electron chi connectivity index (χ4n) is 3.02. The summed E-state index contributed by atoms with van der Waals surface area (Å²) in [5, 5.41) is 4.43. The van der Waals surface area contributed by atoms with Gasteiger partial charge in [0.25, 0.3) is 5.91 Å². The lowest BCUT2D eigenvalue weighted by Crippen LogP contribution is -2.50. The Morgan fingerprint density at radius 1 is 1.03 bits per heavy atom. The molecular weight excluding hydrogens is 459 g/mol. The quantitative estimate of drug-likeness (QED) is 0.412. The molecule has 2 amide bonds. The molecule has 0 bridgehead atoms. The van der Waals surface area contributed by atoms with Crippen molar-refractivity contribution in [1.29, 1.82) is 0 Å². The van der Waals surface area contributed by atoms with Gasteiger partial charge in [-0.25, -0.2) is 0 Å². The van der Waals surface area contributed by atoms with Crippen LogP contribution in [0.3, 0.4) is 0 Å². The van der Waals surface area contributed by atoms with E-state index in [1.807, 2.05) is 6.92 Å². The highest BCUT2D eigenvalue weighted by atomic mass is 35.5. The second kappa shape index (κ2) is 12.8. The lowest BCUT2D eigenvalue weighted by Gasteiger charge is -2.31. The first-order valence-electron chi connectivity index (χ1n) is 10.2. The van der Waals surface area contributed by atoms with Crippen molar-refractivity contribution in [2.24, 2.45) is 0 Å². The zero-order valence-electron chi connectivity index (χ0n) is 17.7. The second-order valence-electron chi connectivity index (χ2n) is 7.07. The summed E-state index contributed by atoms with van der Waals surface area (Å²) in [6, 6.07) is 11.2. The molecule has 0 saturated heterocycles. The highest BCUT2D eigenvalue weighted by Gasteiger charge is 2.29. The van der Waals surface area contributed by atoms with E-state index in [1.54, 1.807) is 42.5 Å². The third-order valence-electron chi connectivity index (χ3n) is 4.75. The fraction of sp³-hybridized carbons (Fsp3) is 0.391. The van der Waals surface area contributed by atoms with E-state index in [2.05, 4.69) is 12.2 Å². The van der Waals surface area contributed by atoms with E-state index in [9.17, 15) is 9.59 Å². The van der Waals surface area contributed by atoms with E-state index >= 15 is 0 Å². The largest absolute Gasteiger partial charge is 0.484 e. The third kappa shape index (κ3) is 7.91. The molecule has 0 unspecified atom stereocenters. The zero-order valence-corrected chi connectivity index (χ0v) is 19.9. The van der Waals surface area contributed by atoms with Crippen LogP contribution in [0, 0.1) is 0 Å². The van der Waals surface area contributed by atoms with Crippen LogP contribution in [0.4, 0.5) is 0 Å². The van der Waals surface area contributed by atoms with Crippen LogP contribution in [-0.4, -0.2) is 35.9 Å². The number of carbonyl (C=O) groups is 2. The first-order chi connectivity index (χ1) is 14.8. The van der Waals surface area contributed by atoms with Crippen LogP contribution in [0.5, 0.6) is 5.75 Å². The number of carbonyl (C=O) groups excluding carboxylic acids is 2. The number of nitrogens with one attached hydrogen (secondary N) is 1. The highest BCUT2D eigenvalue weighted by Crippen LogP contribution is 2.24. The van der Waals surface area contributed by atoms with Crippen LogP contribution in [0.25, 0.3) is 0 Å². The molecular formula is C23H27Cl3N2O3. The van der Waals surface area contributed by atoms with Gasteiger partial charge in [-0.1, -0.05) is 61.1 Å². The van der Waals surface area contributed by atoms with Crippen molar-refractivity contribution in [3.05, 3.63) is 63.1 Å². The molecule has 5 nitrogen and oxygen atoms in total. The molecule has 2 aromatic rings. The lowest BCUT2D eigenvalue weighted by molar-refractivity contribution is -0.143. The summed E-state index contributed by atoms with van der Waals surface area (Å²) in [7, 11) is 0. The fourth-order valence-corrected chi connectivity index (χ4v) is 3.61. The molecule has 0 saturated carbocycles. The van der Waals surface area contributed by atoms with Gasteiger partial charge in [-0.2, -0.15) is 0 Å². The minimum absolute atomic E-state index is 0.165. The Morgan fingerprint density at radius 3 is 2.32 bits per heavy atom. The van der Waals surface area contributed by atoms with Crippen molar-refractivity contribution in [3.8, 4) is 5.75 Å². The van der Waals surface area contributed by atoms with Crippen LogP contribution >= 0.6 is 34.8 Å². The molecule has 1 atom stereocenters. The summed E-state index contributed by atoms with van der Waals surface area (Å²) in [6.07, 6.45) is 2.30. The number of benzene rings is 2. The number of hydrogen-bond acceptors (Lipinski definition) is 3. The standard InChI is InChI=1S/C23H27Cl3N2O3/c1-3-5-12-27-23(30)21(4-2)28(14-16-6-7-18(25)13-20(16)26)22(29)15-31-19-10-8-17(24)9-11-19/h6-11,13,21H,3-5,12,14-15H2,1-2H3,(H,27,30)/t21-/m0/s1. The number of halogens is 3. The SMILES string of the molecule is CCCCNC(=O)[C@H](CC)N(Cc1ccc(Cl)cc1Cl)C(=O)COc1ccc(Cl)cc1. The summed E-state index contributed by atoms with van der Waals surface area (Å²) in [4.78, 5) is 27.5. The van der Waals surface area contributed by atoms with Crippen molar-refractivity contribution < 1.29 is 14.3 Å². The number of nitrogens with zero attached hydrogens (tertiary/aromatic N) is 1. The van der Waals surface area contributed by atoms with Gasteiger partial charge < -0.3 is 15.0 Å². The molecule has 2 rings (SSSR count). The van der Waals surface area contributed by atoms with Crippen LogP contribution in [-0.2, 0) is 16.1 Å². The maximum atomic E-state index is 13.1. The minimum Gasteiger partial charge on any atom is -0.484 e. The molecule has 0 aromatic heterocycles. The number of unbranched alkanes of at least 4 members (excludes halogenated alkanes) is 1. The van der Waals surface area contributed by atoms with Crippen molar-refractivity contribution in [2.45, 2.75) is 45.7 Å². The van der Waals surface area contributed by atoms with Crippen molar-refractivity contribution >= 4 is 46.6 Å². The van der Waals surface area contributed by atoms with Gasteiger partial charge in [-0.05, 0) is 54.8 Å². The first-order valence-corrected chi connectivity index (χ1v) is 11.4. The van der Waals surface area contributed by atoms with Gasteiger partial charge >= 0.3 is 0 Å². The van der Waals surface area contributed by atoms with Gasteiger partial charge in [-0.15, -0.1) is 0 Å². The van der Waals surface area contributed by atoms with Crippen molar-refractivity contribution in [2.75, 3.05) is 13.2 Å². The first kappa shape index (κ1) is 25.3. The highest BCUT2D eigenvalue weighted by molar-refractivity contribution is 6.35. The summed E-state index contributed by atoms with van der Waals surface area (Å²) < 4.78 is 5.63. The van der Waals surface area contributed by atoms with Crippen LogP contribution in [0.1, 0.15) is 38.7 Å². The van der Waals surface area contributed by atoms with Gasteiger partial charge in [0.2, 0.25) is 5.91 Å². The summed E-state index contributed by atoms with van der Waals surface area (Å²) in [5.74, 6) is 0.00186. The van der Waals surface area contributed by atoms with Crippen molar-refractivity contribution in [3.63, 3.8) is 0 Å². The molecule has 0 aliphatic rings. The molecule has 168 valence electrons. The monoisotopic (exact) mass is 484 g/mol. The van der Waals surface area contributed by atoms with Gasteiger partial charge in [0, 0.05) is 28.2 Å². The lowest BCUT2D eigenvalue weighted by atomic mass is 10.1. The molecule has 31 heavy (non-hydrogen) atoms. The Morgan fingerprint density at radius 2 is 1.71 bits per heavy atom. The Hall–Kier alpha value is -1.95. The van der Waals surface area contributed by atoms with Crippen LogP contribution in [0.15, 0.2) is 42.5 Å². The molecule has 0 aliphatic heterocycles. The van der Waals surface area contributed by atoms with E-state index in [-0.39, 0.29) is 25.0 Å². The molecule has 0 radical (unpaired) electrons. The number of rotatable bonds is 11. The predicted molar refractivity (Wildman–Crippen MR) is 126 cm³/mol. The van der Waals surface area contributed by atoms with E-state index in [1.165, 1.54) is 4.90 Å². The van der Waals surface area contributed by atoms with E-state index in [4.69, 9.17) is 39.5 Å². The molecule has 0 heterocycles. The Kier molecular flexibility index (Phi) is 10.4. The van der Waals surface area contributed by atoms with E-state index in [0.29, 0.717) is 39.3 Å². The molecule has 2 aromatic carbocycles. The smallest absolute Gasteiger partial charge is 0.261 e. The molecule has 0 spiro atoms. The molecule has 0 aliphatic carbocycles. The number of amides is 2. The Balaban J connectivity index is 2.20. The molecule has 1 N–H and O–H groups in total. The number of ether oxygens (including phenoxy) is 1. The van der Waals surface area contributed by atoms with Crippen LogP contribution < -0.4 is 10.1 Å². The maximum Gasteiger partial charge on any atom is 0.261 e. The summed E-state index contributed by atoms with van der Waals surface area (Å²) >= 11 is 18.2. The second-order valence-corrected chi connectivity index (χ2v) is 8.35. The van der Waals surface area contributed by atoms with Gasteiger partial charge in [-0.3, -0.25) is 9.59 Å². The van der Waals surface area contributed by atoms with Crippen LogP contribution in [0.2, 0.25) is 15.1 Å². The normalized spacial score (nSPS) is 11.6. The molecule has 8 heteroatoms. The van der Waals surface area contributed by atoms with E-state index in [0.717, 1.165) is 12.8 Å². The minimum atomic E-state index is -0.648. The van der Waals surface area contributed by atoms with Gasteiger partial charge in [0.1, 0.15) is 11.8 Å². The van der Waals surface area contributed by atoms with Gasteiger partial charge in [0.05, 0.1) is 0 Å². The topological polar surface area (TPSA) is 58.6 Å². The predicted octanol–water partition coefficient (Wildman–Crippen LogP) is 5.75. The summed E-state index contributed by atoms with van der Waals surface area (Å²) in [6.45, 7) is 4.44. The Labute approximate surface area is 198 Å². The third-order valence-corrected chi connectivity index (χ3v) is 5.59. The average Bonchev–Trinajstić information content (AvgIpc) is 2.74. The Bertz CT molecular complexity index is 875. The number of hydrogen-bond donors (Lipinski definition) is 1. The summed E-state index contributed by atoms with van der Waals surface area (Å²) in [5.41, 5.74) is 0.700. The average molecular weight is 486 g/mol. The molecule has 0 fully saturated rings. The van der Waals surface area contributed by atoms with Gasteiger partial charge in [0.15, 0.2) is 6.61 Å². The van der Waals surface area contributed by atoms with E-state index < -0.39 is 6.04 Å². The van der Waals surface area contributed by atoms with Crippen molar-refractivity contribution in [1.82, 2.24) is 10.2 Å².